The van der Waals surface area contributed by atoms with Crippen LogP contribution in [0.25, 0.3) is 0 Å². The molecule has 0 radical (unpaired) electrons. The summed E-state index contributed by atoms with van der Waals surface area (Å²) < 4.78 is 5.18. The van der Waals surface area contributed by atoms with Gasteiger partial charge in [-0.2, -0.15) is 0 Å². The molecule has 0 aromatic carbocycles. The van der Waals surface area contributed by atoms with Gasteiger partial charge in [-0.05, 0) is 6.42 Å². The van der Waals surface area contributed by atoms with Crippen LogP contribution in [0.3, 0.4) is 0 Å². The van der Waals surface area contributed by atoms with Crippen molar-refractivity contribution in [3.63, 3.8) is 0 Å². The molecule has 0 aromatic rings. The van der Waals surface area contributed by atoms with Crippen LogP contribution in [0.2, 0.25) is 0 Å². The normalized spacial score (nSPS) is 35.6. The fourth-order valence-corrected chi connectivity index (χ4v) is 3.14. The number of unbranched alkanes of at least 4 members (excludes halogenated alkanes) is 2. The van der Waals surface area contributed by atoms with Gasteiger partial charge in [0, 0.05) is 18.3 Å². The molecular formula is C15H24O4. The van der Waals surface area contributed by atoms with E-state index in [1.807, 2.05) is 6.08 Å². The Balaban J connectivity index is 1.85. The monoisotopic (exact) mass is 268 g/mol. The molecule has 1 heterocycles. The summed E-state index contributed by atoms with van der Waals surface area (Å²) >= 11 is 0. The van der Waals surface area contributed by atoms with Crippen LogP contribution in [0, 0.1) is 11.8 Å². The number of aliphatic hydroxyl groups is 2. The molecule has 4 nitrogen and oxygen atoms in total. The Morgan fingerprint density at radius 2 is 2.26 bits per heavy atom. The maximum atomic E-state index is 11.2. The second-order valence-electron chi connectivity index (χ2n) is 5.72. The zero-order valence-corrected chi connectivity index (χ0v) is 11.5. The number of fused-ring (bicyclic) bond motifs is 1. The average molecular weight is 268 g/mol. The third-order valence-corrected chi connectivity index (χ3v) is 4.23. The second kappa shape index (κ2) is 6.53. The quantitative estimate of drug-likeness (QED) is 0.438. The third-order valence-electron chi connectivity index (χ3n) is 4.23. The summed E-state index contributed by atoms with van der Waals surface area (Å²) in [5.74, 6) is -0.136. The summed E-state index contributed by atoms with van der Waals surface area (Å²) in [6, 6.07) is 0. The molecule has 1 aliphatic carbocycles. The Kier molecular flexibility index (Phi) is 4.99. The van der Waals surface area contributed by atoms with Gasteiger partial charge in [0.15, 0.2) is 0 Å². The number of ether oxygens (including phenoxy) is 1. The Labute approximate surface area is 114 Å². The molecule has 0 aromatic heterocycles. The van der Waals surface area contributed by atoms with Crippen molar-refractivity contribution in [2.75, 3.05) is 0 Å². The van der Waals surface area contributed by atoms with E-state index in [0.717, 1.165) is 25.7 Å². The van der Waals surface area contributed by atoms with Gasteiger partial charge in [0.2, 0.25) is 0 Å². The fraction of sp³-hybridized carbons (Fsp3) is 0.800. The van der Waals surface area contributed by atoms with E-state index in [0.29, 0.717) is 12.8 Å². The highest BCUT2D eigenvalue weighted by Crippen LogP contribution is 2.42. The summed E-state index contributed by atoms with van der Waals surface area (Å²) in [5, 5.41) is 19.8. The Hall–Kier alpha value is -0.870. The molecule has 2 aliphatic rings. The van der Waals surface area contributed by atoms with Gasteiger partial charge in [0.05, 0.1) is 18.6 Å². The topological polar surface area (TPSA) is 66.8 Å². The van der Waals surface area contributed by atoms with Crippen LogP contribution < -0.4 is 0 Å². The smallest absolute Gasteiger partial charge is 0.306 e. The molecular weight excluding hydrogens is 244 g/mol. The van der Waals surface area contributed by atoms with Gasteiger partial charge in [0.1, 0.15) is 6.10 Å². The van der Waals surface area contributed by atoms with Crippen molar-refractivity contribution >= 4 is 5.97 Å². The summed E-state index contributed by atoms with van der Waals surface area (Å²) in [4.78, 5) is 11.2. The average Bonchev–Trinajstić information content (AvgIpc) is 2.82. The van der Waals surface area contributed by atoms with Crippen LogP contribution in [0.15, 0.2) is 12.2 Å². The van der Waals surface area contributed by atoms with E-state index in [9.17, 15) is 15.0 Å². The zero-order chi connectivity index (χ0) is 13.8. The number of carbonyl (C=O) groups excluding carboxylic acids is 1. The van der Waals surface area contributed by atoms with Crippen molar-refractivity contribution in [2.24, 2.45) is 11.8 Å². The van der Waals surface area contributed by atoms with Crippen LogP contribution in [0.5, 0.6) is 0 Å². The first-order valence-corrected chi connectivity index (χ1v) is 7.35. The molecule has 1 aliphatic heterocycles. The van der Waals surface area contributed by atoms with Gasteiger partial charge in [-0.15, -0.1) is 0 Å². The van der Waals surface area contributed by atoms with E-state index in [4.69, 9.17) is 4.74 Å². The zero-order valence-electron chi connectivity index (χ0n) is 11.5. The van der Waals surface area contributed by atoms with Crippen LogP contribution in [0.4, 0.5) is 0 Å². The largest absolute Gasteiger partial charge is 0.462 e. The minimum absolute atomic E-state index is 0.0581. The summed E-state index contributed by atoms with van der Waals surface area (Å²) in [5.41, 5.74) is 0. The van der Waals surface area contributed by atoms with Crippen molar-refractivity contribution in [2.45, 2.75) is 63.8 Å². The van der Waals surface area contributed by atoms with Gasteiger partial charge < -0.3 is 14.9 Å². The number of esters is 1. The van der Waals surface area contributed by atoms with Crippen molar-refractivity contribution in [1.29, 1.82) is 0 Å². The molecule has 2 N–H and O–H groups in total. The van der Waals surface area contributed by atoms with E-state index in [2.05, 4.69) is 6.92 Å². The number of hydrogen-bond acceptors (Lipinski definition) is 4. The lowest BCUT2D eigenvalue weighted by atomic mass is 9.91. The van der Waals surface area contributed by atoms with E-state index < -0.39 is 12.2 Å². The van der Waals surface area contributed by atoms with Crippen LogP contribution >= 0.6 is 0 Å². The van der Waals surface area contributed by atoms with Gasteiger partial charge >= 0.3 is 5.97 Å². The first kappa shape index (κ1) is 14.5. The number of rotatable bonds is 6. The summed E-state index contributed by atoms with van der Waals surface area (Å²) in [6.45, 7) is 2.13. The SMILES string of the molecule is CCCCCC(O)/C=C/[C@@H]1[C@H]2CC(=O)O[C@H]2C[C@H]1O. The van der Waals surface area contributed by atoms with Crippen LogP contribution in [-0.2, 0) is 9.53 Å². The molecule has 1 saturated heterocycles. The van der Waals surface area contributed by atoms with Gasteiger partial charge in [-0.3, -0.25) is 4.79 Å². The summed E-state index contributed by atoms with van der Waals surface area (Å²) in [7, 11) is 0. The lowest BCUT2D eigenvalue weighted by Gasteiger charge is -2.15. The van der Waals surface area contributed by atoms with Gasteiger partial charge in [0.25, 0.3) is 0 Å². The number of aliphatic hydroxyl groups excluding tert-OH is 2. The molecule has 1 saturated carbocycles. The van der Waals surface area contributed by atoms with Gasteiger partial charge in [-0.25, -0.2) is 0 Å². The predicted molar refractivity (Wildman–Crippen MR) is 71.4 cm³/mol. The lowest BCUT2D eigenvalue weighted by Crippen LogP contribution is -2.18. The van der Waals surface area contributed by atoms with E-state index in [1.165, 1.54) is 0 Å². The molecule has 4 heteroatoms. The van der Waals surface area contributed by atoms with E-state index in [1.54, 1.807) is 6.08 Å². The molecule has 0 amide bonds. The predicted octanol–water partition coefficient (Wildman–Crippen LogP) is 1.80. The summed E-state index contributed by atoms with van der Waals surface area (Å²) in [6.07, 6.45) is 7.58. The lowest BCUT2D eigenvalue weighted by molar-refractivity contribution is -0.141. The Morgan fingerprint density at radius 1 is 1.47 bits per heavy atom. The fourth-order valence-electron chi connectivity index (χ4n) is 3.14. The second-order valence-corrected chi connectivity index (χ2v) is 5.72. The molecule has 1 unspecified atom stereocenters. The first-order chi connectivity index (χ1) is 9.11. The maximum Gasteiger partial charge on any atom is 0.306 e. The minimum Gasteiger partial charge on any atom is -0.462 e. The molecule has 19 heavy (non-hydrogen) atoms. The molecule has 0 bridgehead atoms. The highest BCUT2D eigenvalue weighted by molar-refractivity contribution is 5.72. The molecule has 2 fully saturated rings. The molecule has 2 rings (SSSR count). The van der Waals surface area contributed by atoms with Crippen LogP contribution in [-0.4, -0.2) is 34.5 Å². The van der Waals surface area contributed by atoms with Crippen molar-refractivity contribution in [3.05, 3.63) is 12.2 Å². The van der Waals surface area contributed by atoms with Crippen molar-refractivity contribution in [3.8, 4) is 0 Å². The van der Waals surface area contributed by atoms with Crippen LogP contribution in [0.1, 0.15) is 45.4 Å². The minimum atomic E-state index is -0.456. The van der Waals surface area contributed by atoms with Gasteiger partial charge in [-0.1, -0.05) is 38.3 Å². The molecule has 0 spiro atoms. The molecule has 5 atom stereocenters. The number of carbonyl (C=O) groups is 1. The Bertz CT molecular complexity index is 339. The van der Waals surface area contributed by atoms with Crippen molar-refractivity contribution in [1.82, 2.24) is 0 Å². The van der Waals surface area contributed by atoms with Crippen molar-refractivity contribution < 1.29 is 19.7 Å². The number of hydrogen-bond donors (Lipinski definition) is 2. The van der Waals surface area contributed by atoms with E-state index >= 15 is 0 Å². The standard InChI is InChI=1S/C15H24O4/c1-2-3-4-5-10(16)6-7-11-12-8-15(18)19-14(12)9-13(11)17/h6-7,10-14,16-17H,2-5,8-9H2,1H3/b7-6+/t10?,11-,12-,13-,14+/m1/s1. The third kappa shape index (κ3) is 3.57. The van der Waals surface area contributed by atoms with E-state index in [-0.39, 0.29) is 23.9 Å². The maximum absolute atomic E-state index is 11.2. The Morgan fingerprint density at radius 3 is 3.00 bits per heavy atom. The highest BCUT2D eigenvalue weighted by atomic mass is 16.6. The first-order valence-electron chi connectivity index (χ1n) is 7.35. The highest BCUT2D eigenvalue weighted by Gasteiger charge is 2.48. The molecule has 108 valence electrons.